The third-order valence-corrected chi connectivity index (χ3v) is 0.928. The monoisotopic (exact) mass is 172 g/mol. The van der Waals surface area contributed by atoms with E-state index in [1.165, 1.54) is 0 Å². The van der Waals surface area contributed by atoms with Crippen LogP contribution in [0.3, 0.4) is 0 Å². The van der Waals surface area contributed by atoms with Crippen LogP contribution in [0.2, 0.25) is 0 Å². The molecular formula is C5H10Cl2O2. The van der Waals surface area contributed by atoms with Gasteiger partial charge in [0, 0.05) is 6.61 Å². The van der Waals surface area contributed by atoms with Gasteiger partial charge >= 0.3 is 0 Å². The molecule has 0 saturated heterocycles. The van der Waals surface area contributed by atoms with Crippen molar-refractivity contribution in [2.24, 2.45) is 0 Å². The molecule has 0 aromatic heterocycles. The molecular weight excluding hydrogens is 163 g/mol. The lowest BCUT2D eigenvalue weighted by Crippen LogP contribution is -2.05. The topological polar surface area (TPSA) is 18.5 Å². The highest BCUT2D eigenvalue weighted by Gasteiger charge is 1.95. The lowest BCUT2D eigenvalue weighted by molar-refractivity contribution is 0.0609. The Morgan fingerprint density at radius 2 is 2.00 bits per heavy atom. The molecule has 4 heteroatoms. The van der Waals surface area contributed by atoms with Crippen LogP contribution in [0.25, 0.3) is 0 Å². The summed E-state index contributed by atoms with van der Waals surface area (Å²) >= 11 is 10.5. The van der Waals surface area contributed by atoms with Gasteiger partial charge in [-0.2, -0.15) is 0 Å². The zero-order valence-corrected chi connectivity index (χ0v) is 6.78. The molecule has 2 nitrogen and oxygen atoms in total. The highest BCUT2D eigenvalue weighted by molar-refractivity contribution is 6.43. The molecule has 9 heavy (non-hydrogen) atoms. The van der Waals surface area contributed by atoms with Crippen LogP contribution in [0.15, 0.2) is 0 Å². The molecule has 0 fully saturated rings. The van der Waals surface area contributed by atoms with E-state index in [0.717, 1.165) is 0 Å². The Morgan fingerprint density at radius 3 is 2.44 bits per heavy atom. The van der Waals surface area contributed by atoms with Crippen molar-refractivity contribution in [3.8, 4) is 0 Å². The molecule has 0 aliphatic rings. The Bertz CT molecular complexity index is 58.9. The van der Waals surface area contributed by atoms with Crippen LogP contribution in [0.1, 0.15) is 6.92 Å². The summed E-state index contributed by atoms with van der Waals surface area (Å²) in [6, 6.07) is 0. The normalized spacial score (nSPS) is 10.7. The molecule has 0 aromatic carbocycles. The molecule has 0 spiro atoms. The fraction of sp³-hybridized carbons (Fsp3) is 1.00. The molecule has 0 saturated carbocycles. The van der Waals surface area contributed by atoms with Crippen LogP contribution in [0, 0.1) is 0 Å². The lowest BCUT2D eigenvalue weighted by Gasteiger charge is -2.02. The maximum absolute atomic E-state index is 5.24. The van der Waals surface area contributed by atoms with Crippen LogP contribution in [0.5, 0.6) is 0 Å². The van der Waals surface area contributed by atoms with Gasteiger partial charge in [-0.15, -0.1) is 0 Å². The number of hydrogen-bond donors (Lipinski definition) is 0. The minimum absolute atomic E-state index is 0.450. The fourth-order valence-electron chi connectivity index (χ4n) is 0.340. The van der Waals surface area contributed by atoms with Crippen LogP contribution < -0.4 is 0 Å². The second kappa shape index (κ2) is 6.62. The Kier molecular flexibility index (Phi) is 6.99. The highest BCUT2D eigenvalue weighted by atomic mass is 35.5. The average Bonchev–Trinajstić information content (AvgIpc) is 1.80. The second-order valence-electron chi connectivity index (χ2n) is 1.33. The van der Waals surface area contributed by atoms with Gasteiger partial charge in [-0.3, -0.25) is 0 Å². The number of hydrogen-bond acceptors (Lipinski definition) is 2. The zero-order chi connectivity index (χ0) is 7.11. The maximum Gasteiger partial charge on any atom is 0.206 e. The minimum atomic E-state index is -0.731. The first-order valence-corrected chi connectivity index (χ1v) is 3.62. The van der Waals surface area contributed by atoms with Crippen LogP contribution in [-0.2, 0) is 9.47 Å². The lowest BCUT2D eigenvalue weighted by atomic mass is 10.7. The summed E-state index contributed by atoms with van der Waals surface area (Å²) in [5.74, 6) is 0. The number of ether oxygens (including phenoxy) is 2. The van der Waals surface area contributed by atoms with Crippen LogP contribution in [-0.4, -0.2) is 24.8 Å². The summed E-state index contributed by atoms with van der Waals surface area (Å²) in [5, 5.41) is -0.731. The Balaban J connectivity index is 2.75. The first-order valence-electron chi connectivity index (χ1n) is 2.75. The van der Waals surface area contributed by atoms with Crippen molar-refractivity contribution >= 4 is 23.2 Å². The van der Waals surface area contributed by atoms with E-state index in [9.17, 15) is 0 Å². The van der Waals surface area contributed by atoms with Crippen LogP contribution >= 0.6 is 23.2 Å². The van der Waals surface area contributed by atoms with Crippen molar-refractivity contribution < 1.29 is 9.47 Å². The van der Waals surface area contributed by atoms with Gasteiger partial charge in [-0.25, -0.2) is 0 Å². The van der Waals surface area contributed by atoms with Crippen molar-refractivity contribution in [3.05, 3.63) is 0 Å². The molecule has 0 bridgehead atoms. The largest absolute Gasteiger partial charge is 0.379 e. The van der Waals surface area contributed by atoms with E-state index in [2.05, 4.69) is 0 Å². The van der Waals surface area contributed by atoms with E-state index in [-0.39, 0.29) is 0 Å². The predicted octanol–water partition coefficient (Wildman–Crippen LogP) is 1.80. The van der Waals surface area contributed by atoms with E-state index in [0.29, 0.717) is 19.8 Å². The van der Waals surface area contributed by atoms with Gasteiger partial charge in [0.1, 0.15) is 0 Å². The summed E-state index contributed by atoms with van der Waals surface area (Å²) < 4.78 is 9.69. The number of halogens is 2. The summed E-state index contributed by atoms with van der Waals surface area (Å²) in [5.41, 5.74) is 0. The summed E-state index contributed by atoms with van der Waals surface area (Å²) in [6.07, 6.45) is 0. The molecule has 0 heterocycles. The fourth-order valence-corrected chi connectivity index (χ4v) is 0.519. The maximum atomic E-state index is 5.24. The van der Waals surface area contributed by atoms with Crippen molar-refractivity contribution in [2.75, 3.05) is 19.8 Å². The van der Waals surface area contributed by atoms with E-state index < -0.39 is 5.02 Å². The molecule has 0 amide bonds. The van der Waals surface area contributed by atoms with Gasteiger partial charge in [0.15, 0.2) is 0 Å². The van der Waals surface area contributed by atoms with E-state index in [4.69, 9.17) is 32.7 Å². The molecule has 56 valence electrons. The molecule has 0 aliphatic carbocycles. The number of alkyl halides is 2. The van der Waals surface area contributed by atoms with Gasteiger partial charge in [0.05, 0.1) is 13.2 Å². The first kappa shape index (κ1) is 9.50. The van der Waals surface area contributed by atoms with Crippen molar-refractivity contribution in [2.45, 2.75) is 11.9 Å². The van der Waals surface area contributed by atoms with Gasteiger partial charge in [0.25, 0.3) is 0 Å². The smallest absolute Gasteiger partial charge is 0.206 e. The third-order valence-electron chi connectivity index (χ3n) is 0.676. The zero-order valence-electron chi connectivity index (χ0n) is 5.27. The molecule has 0 aromatic rings. The quantitative estimate of drug-likeness (QED) is 0.466. The van der Waals surface area contributed by atoms with Crippen LogP contribution in [0.4, 0.5) is 0 Å². The van der Waals surface area contributed by atoms with E-state index in [1.54, 1.807) is 0 Å². The Labute approximate surface area is 65.0 Å². The van der Waals surface area contributed by atoms with Crippen molar-refractivity contribution in [3.63, 3.8) is 0 Å². The SMILES string of the molecule is CCOCCOC(Cl)Cl. The first-order chi connectivity index (χ1) is 4.27. The minimum Gasteiger partial charge on any atom is -0.379 e. The van der Waals surface area contributed by atoms with Gasteiger partial charge in [0.2, 0.25) is 5.02 Å². The summed E-state index contributed by atoms with van der Waals surface area (Å²) in [6.45, 7) is 3.61. The van der Waals surface area contributed by atoms with Gasteiger partial charge in [-0.1, -0.05) is 23.2 Å². The predicted molar refractivity (Wildman–Crippen MR) is 37.9 cm³/mol. The molecule has 0 atom stereocenters. The molecule has 0 rings (SSSR count). The van der Waals surface area contributed by atoms with E-state index >= 15 is 0 Å². The van der Waals surface area contributed by atoms with Crippen molar-refractivity contribution in [1.29, 1.82) is 0 Å². The Hall–Kier alpha value is 0.500. The summed E-state index contributed by atoms with van der Waals surface area (Å²) in [7, 11) is 0. The molecule has 0 unspecified atom stereocenters. The van der Waals surface area contributed by atoms with E-state index in [1.807, 2.05) is 6.92 Å². The number of rotatable bonds is 5. The molecule has 0 radical (unpaired) electrons. The summed E-state index contributed by atoms with van der Waals surface area (Å²) in [4.78, 5) is 0. The van der Waals surface area contributed by atoms with Crippen molar-refractivity contribution in [1.82, 2.24) is 0 Å². The highest BCUT2D eigenvalue weighted by Crippen LogP contribution is 2.01. The van der Waals surface area contributed by atoms with Gasteiger partial charge < -0.3 is 9.47 Å². The average molecular weight is 173 g/mol. The second-order valence-corrected chi connectivity index (χ2v) is 2.34. The molecule has 0 N–H and O–H groups in total. The standard InChI is InChI=1S/C5H10Cl2O2/c1-2-8-3-4-9-5(6)7/h5H,2-4H2,1H3. The molecule has 0 aliphatic heterocycles. The Morgan fingerprint density at radius 1 is 1.33 bits per heavy atom. The van der Waals surface area contributed by atoms with Gasteiger partial charge in [-0.05, 0) is 6.92 Å². The third kappa shape index (κ3) is 8.50.